The van der Waals surface area contributed by atoms with Crippen LogP contribution < -0.4 is 11.5 Å². The van der Waals surface area contributed by atoms with E-state index in [1.165, 1.54) is 17.8 Å². The van der Waals surface area contributed by atoms with Crippen molar-refractivity contribution in [3.05, 3.63) is 6.07 Å². The van der Waals surface area contributed by atoms with Crippen molar-refractivity contribution in [3.8, 4) is 0 Å². The monoisotopic (exact) mass is 297 g/mol. The second-order valence-electron chi connectivity index (χ2n) is 5.19. The summed E-state index contributed by atoms with van der Waals surface area (Å²) in [5.41, 5.74) is 11.3. The largest absolute Gasteiger partial charge is 0.383 e. The summed E-state index contributed by atoms with van der Waals surface area (Å²) in [5.74, 6) is 0.679. The first kappa shape index (κ1) is 16.6. The number of nitrogen functional groups attached to an aromatic ring is 2. The second kappa shape index (κ2) is 6.78. The number of hydrogen-bond donors (Lipinski definition) is 2. The van der Waals surface area contributed by atoms with Crippen LogP contribution in [0, 0.1) is 0 Å². The Morgan fingerprint density at radius 3 is 1.95 bits per heavy atom. The number of carbonyl (C=O) groups excluding carboxylic acids is 1. The summed E-state index contributed by atoms with van der Waals surface area (Å²) in [6.45, 7) is 9.86. The molecule has 0 radical (unpaired) electrons. The zero-order chi connectivity index (χ0) is 15.4. The van der Waals surface area contributed by atoms with E-state index in [4.69, 9.17) is 11.5 Å². The van der Waals surface area contributed by atoms with Crippen LogP contribution in [0.4, 0.5) is 11.6 Å². The van der Waals surface area contributed by atoms with Gasteiger partial charge in [0.2, 0.25) is 5.91 Å². The van der Waals surface area contributed by atoms with Crippen molar-refractivity contribution in [2.45, 2.75) is 57.1 Å². The SMILES string of the molecule is CC(C)N(C(=O)[C@@H](C)Sc1nc(N)cc(N)n1)C(C)C. The van der Waals surface area contributed by atoms with Crippen molar-refractivity contribution >= 4 is 29.3 Å². The van der Waals surface area contributed by atoms with Gasteiger partial charge in [-0.2, -0.15) is 0 Å². The second-order valence-corrected chi connectivity index (χ2v) is 6.50. The molecule has 0 aliphatic carbocycles. The van der Waals surface area contributed by atoms with E-state index in [1.54, 1.807) is 0 Å². The number of thioether (sulfide) groups is 1. The molecule has 0 saturated heterocycles. The minimum atomic E-state index is -0.291. The molecule has 0 bridgehead atoms. The van der Waals surface area contributed by atoms with Crippen LogP contribution in [0.25, 0.3) is 0 Å². The highest BCUT2D eigenvalue weighted by atomic mass is 32.2. The summed E-state index contributed by atoms with van der Waals surface area (Å²) in [6, 6.07) is 1.79. The molecule has 20 heavy (non-hydrogen) atoms. The maximum Gasteiger partial charge on any atom is 0.236 e. The van der Waals surface area contributed by atoms with Gasteiger partial charge < -0.3 is 16.4 Å². The summed E-state index contributed by atoms with van der Waals surface area (Å²) in [4.78, 5) is 22.5. The molecule has 7 heteroatoms. The fourth-order valence-electron chi connectivity index (χ4n) is 2.04. The third kappa shape index (κ3) is 4.26. The molecule has 1 heterocycles. The third-order valence-corrected chi connectivity index (χ3v) is 3.69. The zero-order valence-corrected chi connectivity index (χ0v) is 13.4. The smallest absolute Gasteiger partial charge is 0.236 e. The number of nitrogens with zero attached hydrogens (tertiary/aromatic N) is 3. The number of hydrogen-bond acceptors (Lipinski definition) is 6. The van der Waals surface area contributed by atoms with Crippen LogP contribution in [-0.4, -0.2) is 38.1 Å². The lowest BCUT2D eigenvalue weighted by atomic mass is 10.2. The van der Waals surface area contributed by atoms with E-state index >= 15 is 0 Å². The summed E-state index contributed by atoms with van der Waals surface area (Å²) in [7, 11) is 0. The first-order valence-corrected chi connectivity index (χ1v) is 7.49. The summed E-state index contributed by atoms with van der Waals surface area (Å²) in [5, 5.41) is 0.136. The molecule has 1 rings (SSSR count). The number of amides is 1. The first-order chi connectivity index (χ1) is 9.22. The molecule has 4 N–H and O–H groups in total. The quantitative estimate of drug-likeness (QED) is 0.635. The average Bonchev–Trinajstić information content (AvgIpc) is 2.25. The van der Waals surface area contributed by atoms with E-state index in [-0.39, 0.29) is 23.2 Å². The Labute approximate surface area is 124 Å². The van der Waals surface area contributed by atoms with Gasteiger partial charge in [0.25, 0.3) is 0 Å². The lowest BCUT2D eigenvalue weighted by molar-refractivity contribution is -0.133. The first-order valence-electron chi connectivity index (χ1n) is 6.61. The molecule has 0 aromatic carbocycles. The molecule has 0 aliphatic heterocycles. The Hall–Kier alpha value is -1.50. The van der Waals surface area contributed by atoms with Gasteiger partial charge in [0.1, 0.15) is 11.6 Å². The molecule has 0 spiro atoms. The summed E-state index contributed by atoms with van der Waals surface area (Å²) < 4.78 is 0. The molecule has 6 nitrogen and oxygen atoms in total. The number of aromatic nitrogens is 2. The topological polar surface area (TPSA) is 98.1 Å². The molecule has 0 fully saturated rings. The van der Waals surface area contributed by atoms with Crippen LogP contribution in [0.2, 0.25) is 0 Å². The number of nitrogens with two attached hydrogens (primary N) is 2. The van der Waals surface area contributed by atoms with Crippen LogP contribution in [0.1, 0.15) is 34.6 Å². The van der Waals surface area contributed by atoms with Gasteiger partial charge in [0.15, 0.2) is 5.16 Å². The van der Waals surface area contributed by atoms with Crippen molar-refractivity contribution < 1.29 is 4.79 Å². The third-order valence-electron chi connectivity index (χ3n) is 2.74. The van der Waals surface area contributed by atoms with E-state index in [1.807, 2.05) is 39.5 Å². The fourth-order valence-corrected chi connectivity index (χ4v) is 2.89. The number of rotatable bonds is 5. The molecule has 0 saturated carbocycles. The maximum absolute atomic E-state index is 12.5. The highest BCUT2D eigenvalue weighted by Crippen LogP contribution is 2.24. The average molecular weight is 297 g/mol. The van der Waals surface area contributed by atoms with Crippen molar-refractivity contribution in [2.24, 2.45) is 0 Å². The molecule has 1 atom stereocenters. The maximum atomic E-state index is 12.5. The van der Waals surface area contributed by atoms with Gasteiger partial charge in [0, 0.05) is 18.2 Å². The standard InChI is InChI=1S/C13H23N5OS/c1-7(2)18(8(3)4)12(19)9(5)20-13-16-10(14)6-11(15)17-13/h6-9H,1-5H3,(H4,14,15,16,17)/t9-/m1/s1. The van der Waals surface area contributed by atoms with Crippen molar-refractivity contribution in [2.75, 3.05) is 11.5 Å². The van der Waals surface area contributed by atoms with E-state index in [9.17, 15) is 4.79 Å². The Balaban J connectivity index is 2.84. The predicted octanol–water partition coefficient (Wildman–Crippen LogP) is 1.77. The molecule has 0 unspecified atom stereocenters. The van der Waals surface area contributed by atoms with Gasteiger partial charge in [-0.25, -0.2) is 9.97 Å². The molecule has 1 aromatic heterocycles. The molecule has 1 aromatic rings. The lowest BCUT2D eigenvalue weighted by Crippen LogP contribution is -2.45. The van der Waals surface area contributed by atoms with Crippen molar-refractivity contribution in [1.29, 1.82) is 0 Å². The predicted molar refractivity (Wildman–Crippen MR) is 83.3 cm³/mol. The van der Waals surface area contributed by atoms with Gasteiger partial charge in [-0.1, -0.05) is 11.8 Å². The van der Waals surface area contributed by atoms with Gasteiger partial charge in [-0.05, 0) is 34.6 Å². The Morgan fingerprint density at radius 2 is 1.55 bits per heavy atom. The van der Waals surface area contributed by atoms with Crippen molar-refractivity contribution in [3.63, 3.8) is 0 Å². The molecule has 0 aliphatic rings. The Bertz CT molecular complexity index is 450. The Morgan fingerprint density at radius 1 is 1.10 bits per heavy atom. The summed E-state index contributed by atoms with van der Waals surface area (Å²) in [6.07, 6.45) is 0. The van der Waals surface area contributed by atoms with E-state index < -0.39 is 0 Å². The fraction of sp³-hybridized carbons (Fsp3) is 0.615. The number of carbonyl (C=O) groups is 1. The minimum absolute atomic E-state index is 0.0598. The van der Waals surface area contributed by atoms with Crippen LogP contribution >= 0.6 is 11.8 Å². The van der Waals surface area contributed by atoms with E-state index in [0.29, 0.717) is 16.8 Å². The number of anilines is 2. The van der Waals surface area contributed by atoms with Crippen LogP contribution in [0.15, 0.2) is 11.2 Å². The van der Waals surface area contributed by atoms with E-state index in [0.717, 1.165) is 0 Å². The van der Waals surface area contributed by atoms with Gasteiger partial charge in [0.05, 0.1) is 5.25 Å². The van der Waals surface area contributed by atoms with E-state index in [2.05, 4.69) is 9.97 Å². The molecule has 1 amide bonds. The molecular weight excluding hydrogens is 274 g/mol. The van der Waals surface area contributed by atoms with Gasteiger partial charge in [-0.15, -0.1) is 0 Å². The van der Waals surface area contributed by atoms with Crippen LogP contribution in [0.3, 0.4) is 0 Å². The normalized spacial score (nSPS) is 12.8. The lowest BCUT2D eigenvalue weighted by Gasteiger charge is -2.32. The zero-order valence-electron chi connectivity index (χ0n) is 12.6. The van der Waals surface area contributed by atoms with Crippen LogP contribution in [0.5, 0.6) is 0 Å². The summed E-state index contributed by atoms with van der Waals surface area (Å²) >= 11 is 1.27. The van der Waals surface area contributed by atoms with Crippen LogP contribution in [-0.2, 0) is 4.79 Å². The van der Waals surface area contributed by atoms with Gasteiger partial charge in [-0.3, -0.25) is 4.79 Å². The Kier molecular flexibility index (Phi) is 5.62. The highest BCUT2D eigenvalue weighted by molar-refractivity contribution is 8.00. The molecular formula is C13H23N5OS. The van der Waals surface area contributed by atoms with Crippen molar-refractivity contribution in [1.82, 2.24) is 14.9 Å². The minimum Gasteiger partial charge on any atom is -0.383 e. The van der Waals surface area contributed by atoms with Gasteiger partial charge >= 0.3 is 0 Å². The molecule has 112 valence electrons. The highest BCUT2D eigenvalue weighted by Gasteiger charge is 2.26.